The summed E-state index contributed by atoms with van der Waals surface area (Å²) >= 11 is 5.96. The number of ether oxygens (including phenoxy) is 1. The number of nitrogens with zero attached hydrogens (tertiary/aromatic N) is 4. The van der Waals surface area contributed by atoms with Gasteiger partial charge in [-0.2, -0.15) is 9.97 Å². The summed E-state index contributed by atoms with van der Waals surface area (Å²) in [5, 5.41) is 19.8. The number of halogens is 1. The summed E-state index contributed by atoms with van der Waals surface area (Å²) in [4.78, 5) is 12.0. The van der Waals surface area contributed by atoms with Crippen LogP contribution in [0, 0.1) is 0 Å². The third-order valence-corrected chi connectivity index (χ3v) is 3.61. The molecule has 0 aromatic carbocycles. The van der Waals surface area contributed by atoms with Crippen molar-refractivity contribution in [2.75, 3.05) is 12.3 Å². The molecule has 0 saturated carbocycles. The zero-order chi connectivity index (χ0) is 14.5. The molecule has 2 aromatic rings. The van der Waals surface area contributed by atoms with Gasteiger partial charge in [-0.3, -0.25) is 4.57 Å². The molecule has 0 amide bonds. The number of aliphatic hydroxyl groups is 2. The molecule has 1 aliphatic rings. The van der Waals surface area contributed by atoms with Crippen LogP contribution in [-0.4, -0.2) is 48.0 Å². The van der Waals surface area contributed by atoms with Crippen LogP contribution in [-0.2, 0) is 4.74 Å². The van der Waals surface area contributed by atoms with Crippen LogP contribution in [0.5, 0.6) is 0 Å². The van der Waals surface area contributed by atoms with Gasteiger partial charge < -0.3 is 20.7 Å². The van der Waals surface area contributed by atoms with Gasteiger partial charge in [0.1, 0.15) is 11.1 Å². The maximum atomic E-state index is 10.4. The first-order valence-corrected chi connectivity index (χ1v) is 6.44. The number of fused-ring (bicyclic) bond motifs is 1. The van der Waals surface area contributed by atoms with Crippen molar-refractivity contribution < 1.29 is 14.9 Å². The molecule has 1 saturated heterocycles. The minimum Gasteiger partial charge on any atom is -0.394 e. The fourth-order valence-electron chi connectivity index (χ4n) is 2.48. The second kappa shape index (κ2) is 4.52. The second-order valence-electron chi connectivity index (χ2n) is 5.05. The van der Waals surface area contributed by atoms with Gasteiger partial charge in [0.05, 0.1) is 19.0 Å². The summed E-state index contributed by atoms with van der Waals surface area (Å²) < 4.78 is 7.19. The largest absolute Gasteiger partial charge is 0.394 e. The lowest BCUT2D eigenvalue weighted by Crippen LogP contribution is -2.31. The highest BCUT2D eigenvalue weighted by molar-refractivity contribution is 6.33. The Bertz CT molecular complexity index is 659. The molecule has 20 heavy (non-hydrogen) atoms. The van der Waals surface area contributed by atoms with E-state index in [0.717, 1.165) is 0 Å². The van der Waals surface area contributed by atoms with Crippen LogP contribution < -0.4 is 5.73 Å². The quantitative estimate of drug-likeness (QED) is 0.672. The number of nitrogen functional groups attached to an aromatic ring is 1. The minimum absolute atomic E-state index is 0.0144. The predicted octanol–water partition coefficient (Wildman–Crippen LogP) is 0.0927. The maximum Gasteiger partial charge on any atom is 0.223 e. The number of rotatable bonds is 2. The Morgan fingerprint density at radius 2 is 2.35 bits per heavy atom. The van der Waals surface area contributed by atoms with Gasteiger partial charge in [0.2, 0.25) is 5.95 Å². The van der Waals surface area contributed by atoms with Crippen LogP contribution in [0.25, 0.3) is 11.2 Å². The van der Waals surface area contributed by atoms with Crippen molar-refractivity contribution in [1.29, 1.82) is 0 Å². The fourth-order valence-corrected chi connectivity index (χ4v) is 2.70. The number of anilines is 1. The Hall–Kier alpha value is -1.48. The molecule has 0 bridgehead atoms. The SMILES string of the molecule is C[C@@]1(O)CC(CO)O[C@H]1n1cnc2c(Cl)nc(N)nc21. The number of hydrogen-bond acceptors (Lipinski definition) is 7. The zero-order valence-corrected chi connectivity index (χ0v) is 11.4. The standard InChI is InChI=1S/C11H14ClN5O3/c1-11(19)2-5(3-18)20-9(11)17-4-14-6-7(12)15-10(13)16-8(6)17/h4-5,9,18-19H,2-3H2,1H3,(H2,13,15,16)/t5?,9-,11-/m1/s1. The highest BCUT2D eigenvalue weighted by atomic mass is 35.5. The molecule has 9 heteroatoms. The topological polar surface area (TPSA) is 119 Å². The minimum atomic E-state index is -1.16. The first-order valence-electron chi connectivity index (χ1n) is 6.06. The smallest absolute Gasteiger partial charge is 0.223 e. The van der Waals surface area contributed by atoms with E-state index >= 15 is 0 Å². The fraction of sp³-hybridized carbons (Fsp3) is 0.545. The normalized spacial score (nSPS) is 30.2. The maximum absolute atomic E-state index is 10.4. The Labute approximate surface area is 119 Å². The molecule has 1 unspecified atom stereocenters. The van der Waals surface area contributed by atoms with Gasteiger partial charge in [-0.1, -0.05) is 11.6 Å². The summed E-state index contributed by atoms with van der Waals surface area (Å²) in [5.41, 5.74) is 5.18. The first kappa shape index (κ1) is 13.5. The van der Waals surface area contributed by atoms with Crippen molar-refractivity contribution >= 4 is 28.7 Å². The molecule has 0 radical (unpaired) electrons. The molecule has 3 heterocycles. The van der Waals surface area contributed by atoms with Crippen molar-refractivity contribution in [2.45, 2.75) is 31.3 Å². The van der Waals surface area contributed by atoms with Crippen LogP contribution in [0.2, 0.25) is 5.15 Å². The molecule has 108 valence electrons. The summed E-state index contributed by atoms with van der Waals surface area (Å²) in [6, 6.07) is 0. The van der Waals surface area contributed by atoms with Crippen molar-refractivity contribution in [3.8, 4) is 0 Å². The number of aromatic nitrogens is 4. The summed E-state index contributed by atoms with van der Waals surface area (Å²) in [5.74, 6) is 0.0144. The van der Waals surface area contributed by atoms with Crippen molar-refractivity contribution in [3.05, 3.63) is 11.5 Å². The average molecular weight is 300 g/mol. The molecule has 0 spiro atoms. The van der Waals surface area contributed by atoms with E-state index in [1.807, 2.05) is 0 Å². The van der Waals surface area contributed by atoms with E-state index in [1.54, 1.807) is 11.5 Å². The van der Waals surface area contributed by atoms with E-state index < -0.39 is 17.9 Å². The Balaban J connectivity index is 2.11. The summed E-state index contributed by atoms with van der Waals surface area (Å²) in [7, 11) is 0. The number of imidazole rings is 1. The van der Waals surface area contributed by atoms with Crippen LogP contribution >= 0.6 is 11.6 Å². The monoisotopic (exact) mass is 299 g/mol. The third-order valence-electron chi connectivity index (χ3n) is 3.35. The van der Waals surface area contributed by atoms with Gasteiger partial charge in [-0.15, -0.1) is 0 Å². The van der Waals surface area contributed by atoms with E-state index in [-0.39, 0.29) is 17.7 Å². The molecule has 4 N–H and O–H groups in total. The average Bonchev–Trinajstić information content (AvgIpc) is 2.89. The summed E-state index contributed by atoms with van der Waals surface area (Å²) in [6.45, 7) is 1.46. The van der Waals surface area contributed by atoms with E-state index in [2.05, 4.69) is 15.0 Å². The van der Waals surface area contributed by atoms with Crippen molar-refractivity contribution in [2.24, 2.45) is 0 Å². The lowest BCUT2D eigenvalue weighted by molar-refractivity contribution is -0.0854. The van der Waals surface area contributed by atoms with Gasteiger partial charge in [-0.25, -0.2) is 4.98 Å². The lowest BCUT2D eigenvalue weighted by Gasteiger charge is -2.24. The highest BCUT2D eigenvalue weighted by Crippen LogP contribution is 2.39. The van der Waals surface area contributed by atoms with Gasteiger partial charge in [-0.05, 0) is 6.92 Å². The predicted molar refractivity (Wildman–Crippen MR) is 71.0 cm³/mol. The Morgan fingerprint density at radius 3 is 3.00 bits per heavy atom. The molecule has 3 atom stereocenters. The number of nitrogens with two attached hydrogens (primary N) is 1. The Morgan fingerprint density at radius 1 is 1.60 bits per heavy atom. The van der Waals surface area contributed by atoms with Gasteiger partial charge in [0.15, 0.2) is 17.0 Å². The number of hydrogen-bond donors (Lipinski definition) is 3. The van der Waals surface area contributed by atoms with E-state index in [0.29, 0.717) is 17.6 Å². The van der Waals surface area contributed by atoms with Crippen LogP contribution in [0.4, 0.5) is 5.95 Å². The molecule has 3 rings (SSSR count). The van der Waals surface area contributed by atoms with E-state index in [4.69, 9.17) is 22.1 Å². The van der Waals surface area contributed by atoms with Crippen molar-refractivity contribution in [1.82, 2.24) is 19.5 Å². The van der Waals surface area contributed by atoms with E-state index in [1.165, 1.54) is 6.33 Å². The van der Waals surface area contributed by atoms with E-state index in [9.17, 15) is 10.2 Å². The molecule has 0 aliphatic carbocycles. The van der Waals surface area contributed by atoms with Crippen LogP contribution in [0.15, 0.2) is 6.33 Å². The highest BCUT2D eigenvalue weighted by Gasteiger charge is 2.45. The first-order chi connectivity index (χ1) is 9.42. The molecule has 8 nitrogen and oxygen atoms in total. The molecular weight excluding hydrogens is 286 g/mol. The number of aliphatic hydroxyl groups excluding tert-OH is 1. The zero-order valence-electron chi connectivity index (χ0n) is 10.7. The van der Waals surface area contributed by atoms with Crippen LogP contribution in [0.1, 0.15) is 19.6 Å². The Kier molecular flexibility index (Phi) is 3.05. The van der Waals surface area contributed by atoms with Crippen LogP contribution in [0.3, 0.4) is 0 Å². The van der Waals surface area contributed by atoms with Gasteiger partial charge >= 0.3 is 0 Å². The molecule has 1 fully saturated rings. The molecular formula is C11H14ClN5O3. The third kappa shape index (κ3) is 2.01. The second-order valence-corrected chi connectivity index (χ2v) is 5.41. The molecule has 2 aromatic heterocycles. The van der Waals surface area contributed by atoms with Crippen molar-refractivity contribution in [3.63, 3.8) is 0 Å². The summed E-state index contributed by atoms with van der Waals surface area (Å²) in [6.07, 6.45) is 0.600. The van der Waals surface area contributed by atoms with Gasteiger partial charge in [0, 0.05) is 6.42 Å². The lowest BCUT2D eigenvalue weighted by atomic mass is 10.0. The van der Waals surface area contributed by atoms with Gasteiger partial charge in [0.25, 0.3) is 0 Å². The molecule has 1 aliphatic heterocycles.